The number of aromatic nitrogens is 1. The molecular weight excluding hydrogens is 414 g/mol. The molecule has 3 heterocycles. The molecule has 0 saturated carbocycles. The van der Waals surface area contributed by atoms with Crippen LogP contribution in [-0.2, 0) is 16.1 Å². The second kappa shape index (κ2) is 8.35. The Bertz CT molecular complexity index is 1260. The molecule has 2 amide bonds. The highest BCUT2D eigenvalue weighted by atomic mass is 16.7. The van der Waals surface area contributed by atoms with Gasteiger partial charge >= 0.3 is 0 Å². The minimum atomic E-state index is -0.416. The average Bonchev–Trinajstić information content (AvgIpc) is 3.29. The molecule has 5 rings (SSSR count). The summed E-state index contributed by atoms with van der Waals surface area (Å²) in [5.74, 6) is 0.587. The molecule has 0 unspecified atom stereocenters. The molecular formula is C23H21N3O6. The van der Waals surface area contributed by atoms with Crippen molar-refractivity contribution in [2.75, 3.05) is 38.4 Å². The summed E-state index contributed by atoms with van der Waals surface area (Å²) < 4.78 is 17.3. The molecule has 0 atom stereocenters. The number of benzene rings is 2. The van der Waals surface area contributed by atoms with E-state index in [0.717, 1.165) is 0 Å². The van der Waals surface area contributed by atoms with Crippen LogP contribution in [0, 0.1) is 0 Å². The van der Waals surface area contributed by atoms with Gasteiger partial charge in [0.1, 0.15) is 6.54 Å². The normalized spacial score (nSPS) is 15.1. The second-order valence-electron chi connectivity index (χ2n) is 7.52. The maximum Gasteiger partial charge on any atom is 0.254 e. The lowest BCUT2D eigenvalue weighted by atomic mass is 10.1. The van der Waals surface area contributed by atoms with Gasteiger partial charge in [-0.2, -0.15) is 0 Å². The molecule has 2 aliphatic rings. The largest absolute Gasteiger partial charge is 0.454 e. The van der Waals surface area contributed by atoms with E-state index in [4.69, 9.17) is 14.2 Å². The molecule has 9 heteroatoms. The van der Waals surface area contributed by atoms with Gasteiger partial charge < -0.3 is 24.4 Å². The number of pyridine rings is 1. The molecule has 3 aromatic rings. The maximum atomic E-state index is 13.1. The minimum Gasteiger partial charge on any atom is -0.454 e. The highest BCUT2D eigenvalue weighted by Gasteiger charge is 2.23. The van der Waals surface area contributed by atoms with Gasteiger partial charge in [-0.3, -0.25) is 19.0 Å². The Balaban J connectivity index is 1.43. The van der Waals surface area contributed by atoms with Gasteiger partial charge in [-0.15, -0.1) is 0 Å². The number of nitrogens with one attached hydrogen (secondary N) is 1. The summed E-state index contributed by atoms with van der Waals surface area (Å²) in [6.45, 7) is 1.85. The number of hydrogen-bond acceptors (Lipinski definition) is 6. The van der Waals surface area contributed by atoms with Gasteiger partial charge in [0.15, 0.2) is 11.5 Å². The third kappa shape index (κ3) is 3.78. The van der Waals surface area contributed by atoms with Crippen molar-refractivity contribution in [2.45, 2.75) is 6.54 Å². The Labute approximate surface area is 183 Å². The van der Waals surface area contributed by atoms with Crippen LogP contribution >= 0.6 is 0 Å². The zero-order chi connectivity index (χ0) is 22.1. The van der Waals surface area contributed by atoms with E-state index in [1.807, 2.05) is 0 Å². The van der Waals surface area contributed by atoms with Crippen molar-refractivity contribution < 1.29 is 23.8 Å². The van der Waals surface area contributed by atoms with E-state index in [9.17, 15) is 14.4 Å². The Morgan fingerprint density at radius 2 is 1.75 bits per heavy atom. The lowest BCUT2D eigenvalue weighted by molar-refractivity contribution is -0.116. The third-order valence-corrected chi connectivity index (χ3v) is 5.51. The highest BCUT2D eigenvalue weighted by molar-refractivity contribution is 6.06. The van der Waals surface area contributed by atoms with Gasteiger partial charge in [0, 0.05) is 36.3 Å². The van der Waals surface area contributed by atoms with E-state index in [0.29, 0.717) is 60.0 Å². The van der Waals surface area contributed by atoms with E-state index in [-0.39, 0.29) is 25.2 Å². The van der Waals surface area contributed by atoms with E-state index >= 15 is 0 Å². The number of rotatable bonds is 4. The molecule has 2 aliphatic heterocycles. The lowest BCUT2D eigenvalue weighted by Crippen LogP contribution is -2.41. The van der Waals surface area contributed by atoms with Crippen molar-refractivity contribution in [2.24, 2.45) is 0 Å². The number of nitrogens with zero attached hydrogens (tertiary/aromatic N) is 2. The molecule has 164 valence electrons. The monoisotopic (exact) mass is 435 g/mol. The van der Waals surface area contributed by atoms with Crippen LogP contribution in [0.2, 0.25) is 0 Å². The van der Waals surface area contributed by atoms with Gasteiger partial charge in [-0.25, -0.2) is 0 Å². The van der Waals surface area contributed by atoms with Crippen molar-refractivity contribution in [3.05, 3.63) is 64.4 Å². The second-order valence-corrected chi connectivity index (χ2v) is 7.52. The Hall–Kier alpha value is -3.85. The highest BCUT2D eigenvalue weighted by Crippen LogP contribution is 2.34. The summed E-state index contributed by atoms with van der Waals surface area (Å²) in [6.07, 6.45) is 0. The molecule has 9 nitrogen and oxygen atoms in total. The predicted octanol–water partition coefficient (Wildman–Crippen LogP) is 1.84. The van der Waals surface area contributed by atoms with Crippen molar-refractivity contribution in [3.8, 4) is 11.5 Å². The Kier molecular flexibility index (Phi) is 5.24. The number of ether oxygens (including phenoxy) is 3. The van der Waals surface area contributed by atoms with Crippen LogP contribution in [0.3, 0.4) is 0 Å². The smallest absolute Gasteiger partial charge is 0.254 e. The van der Waals surface area contributed by atoms with Crippen molar-refractivity contribution in [3.63, 3.8) is 0 Å². The number of carbonyl (C=O) groups is 2. The molecule has 0 bridgehead atoms. The summed E-state index contributed by atoms with van der Waals surface area (Å²) in [4.78, 5) is 40.4. The van der Waals surface area contributed by atoms with Crippen LogP contribution in [0.25, 0.3) is 10.9 Å². The number of fused-ring (bicyclic) bond motifs is 2. The third-order valence-electron chi connectivity index (χ3n) is 5.51. The van der Waals surface area contributed by atoms with E-state index in [1.165, 1.54) is 10.6 Å². The van der Waals surface area contributed by atoms with Gasteiger partial charge in [0.2, 0.25) is 12.7 Å². The molecule has 0 spiro atoms. The summed E-state index contributed by atoms with van der Waals surface area (Å²) in [6, 6.07) is 13.5. The zero-order valence-electron chi connectivity index (χ0n) is 17.2. The molecule has 1 fully saturated rings. The van der Waals surface area contributed by atoms with Crippen LogP contribution in [0.1, 0.15) is 10.4 Å². The maximum absolute atomic E-state index is 13.1. The van der Waals surface area contributed by atoms with Gasteiger partial charge in [-0.1, -0.05) is 18.2 Å². The number of para-hydroxylation sites is 1. The first-order chi connectivity index (χ1) is 15.6. The van der Waals surface area contributed by atoms with Crippen LogP contribution in [0.4, 0.5) is 5.69 Å². The van der Waals surface area contributed by atoms with E-state index in [1.54, 1.807) is 47.4 Å². The van der Waals surface area contributed by atoms with Gasteiger partial charge in [0.25, 0.3) is 11.5 Å². The lowest BCUT2D eigenvalue weighted by Gasteiger charge is -2.27. The molecule has 1 aromatic heterocycles. The van der Waals surface area contributed by atoms with Gasteiger partial charge in [0.05, 0.1) is 24.3 Å². The first-order valence-electron chi connectivity index (χ1n) is 10.3. The quantitative estimate of drug-likeness (QED) is 0.672. The molecule has 2 aromatic carbocycles. The van der Waals surface area contributed by atoms with Crippen LogP contribution in [-0.4, -0.2) is 54.4 Å². The average molecular weight is 435 g/mol. The Morgan fingerprint density at radius 3 is 2.59 bits per heavy atom. The fraction of sp³-hybridized carbons (Fsp3) is 0.261. The number of amides is 2. The number of hydrogen-bond donors (Lipinski definition) is 1. The van der Waals surface area contributed by atoms with Gasteiger partial charge in [-0.05, 0) is 18.2 Å². The number of morpholine rings is 1. The van der Waals surface area contributed by atoms with E-state index in [2.05, 4.69) is 5.32 Å². The summed E-state index contributed by atoms with van der Waals surface area (Å²) in [5, 5.41) is 3.40. The van der Waals surface area contributed by atoms with E-state index < -0.39 is 5.56 Å². The fourth-order valence-electron chi connectivity index (χ4n) is 3.93. The number of anilines is 1. The zero-order valence-corrected chi connectivity index (χ0v) is 17.2. The van der Waals surface area contributed by atoms with Crippen molar-refractivity contribution in [1.29, 1.82) is 0 Å². The van der Waals surface area contributed by atoms with Crippen molar-refractivity contribution in [1.82, 2.24) is 9.47 Å². The van der Waals surface area contributed by atoms with Crippen LogP contribution in [0.5, 0.6) is 11.5 Å². The summed E-state index contributed by atoms with van der Waals surface area (Å²) in [5.41, 5.74) is 0.981. The standard InChI is InChI=1S/C23H21N3O6/c27-21(24-15-5-6-19-20(11-15)32-14-31-19)13-26-18-4-2-1-3-16(18)17(12-22(26)28)23(29)25-7-9-30-10-8-25/h1-6,11-12H,7-10,13-14H2,(H,24,27). The first-order valence-corrected chi connectivity index (χ1v) is 10.3. The SMILES string of the molecule is O=C(Cn1c(=O)cc(C(=O)N2CCOCC2)c2ccccc21)Nc1ccc2c(c1)OCO2. The minimum absolute atomic E-state index is 0.142. The molecule has 0 radical (unpaired) electrons. The van der Waals surface area contributed by atoms with Crippen molar-refractivity contribution >= 4 is 28.4 Å². The fourth-order valence-corrected chi connectivity index (χ4v) is 3.93. The van der Waals surface area contributed by atoms with Crippen LogP contribution in [0.15, 0.2) is 53.3 Å². The summed E-state index contributed by atoms with van der Waals surface area (Å²) in [7, 11) is 0. The topological polar surface area (TPSA) is 99.1 Å². The predicted molar refractivity (Wildman–Crippen MR) is 116 cm³/mol. The molecule has 0 aliphatic carbocycles. The van der Waals surface area contributed by atoms with Crippen LogP contribution < -0.4 is 20.3 Å². The molecule has 1 saturated heterocycles. The Morgan fingerprint density at radius 1 is 0.969 bits per heavy atom. The summed E-state index contributed by atoms with van der Waals surface area (Å²) >= 11 is 0. The molecule has 1 N–H and O–H groups in total. The first kappa shape index (κ1) is 20.1. The molecule has 32 heavy (non-hydrogen) atoms. The number of carbonyl (C=O) groups excluding carboxylic acids is 2.